The van der Waals surface area contributed by atoms with E-state index in [0.29, 0.717) is 6.42 Å². The maximum absolute atomic E-state index is 12.0. The molecule has 0 saturated carbocycles. The summed E-state index contributed by atoms with van der Waals surface area (Å²) in [5.41, 5.74) is -0.0547. The number of amides is 2. The number of rotatable bonds is 4. The van der Waals surface area contributed by atoms with Crippen LogP contribution in [-0.2, 0) is 11.2 Å². The number of carbonyl (C=O) groups excluding carboxylic acids is 1. The number of urea groups is 1. The van der Waals surface area contributed by atoms with E-state index in [1.54, 1.807) is 18.3 Å². The minimum absolute atomic E-state index is 0.0140. The number of aliphatic carboxylic acids is 1. The molecule has 2 amide bonds. The molecule has 3 N–H and O–H groups in total. The predicted molar refractivity (Wildman–Crippen MR) is 78.0 cm³/mol. The lowest BCUT2D eigenvalue weighted by Gasteiger charge is -2.28. The summed E-state index contributed by atoms with van der Waals surface area (Å²) in [5.74, 6) is -1.02. The monoisotopic (exact) mass is 296 g/mol. The second-order valence-electron chi connectivity index (χ2n) is 5.33. The summed E-state index contributed by atoms with van der Waals surface area (Å²) in [7, 11) is 0. The fourth-order valence-electron chi connectivity index (χ4n) is 2.37. The van der Waals surface area contributed by atoms with Gasteiger partial charge in [-0.1, -0.05) is 6.92 Å². The number of hydrogen-bond donors (Lipinski definition) is 3. The normalized spacial score (nSPS) is 20.6. The maximum Gasteiger partial charge on any atom is 0.329 e. The van der Waals surface area contributed by atoms with Gasteiger partial charge in [-0.3, -0.25) is 0 Å². The van der Waals surface area contributed by atoms with Gasteiger partial charge in [0.05, 0.1) is 6.04 Å². The van der Waals surface area contributed by atoms with E-state index in [0.717, 1.165) is 19.3 Å². The molecule has 1 aromatic rings. The van der Waals surface area contributed by atoms with Gasteiger partial charge < -0.3 is 15.7 Å². The Kier molecular flexibility index (Phi) is 4.32. The molecule has 0 aromatic carbocycles. The van der Waals surface area contributed by atoms with Crippen molar-refractivity contribution < 1.29 is 14.7 Å². The van der Waals surface area contributed by atoms with Gasteiger partial charge in [0.2, 0.25) is 0 Å². The van der Waals surface area contributed by atoms with E-state index < -0.39 is 17.5 Å². The van der Waals surface area contributed by atoms with Crippen LogP contribution in [0.15, 0.2) is 11.4 Å². The molecule has 2 rings (SSSR count). The zero-order valence-electron chi connectivity index (χ0n) is 11.7. The van der Waals surface area contributed by atoms with Crippen LogP contribution in [0.1, 0.15) is 49.6 Å². The number of carbonyl (C=O) groups is 2. The number of nitrogens with one attached hydrogen (secondary N) is 2. The molecule has 6 heteroatoms. The molecule has 1 heterocycles. The van der Waals surface area contributed by atoms with Crippen LogP contribution in [0.3, 0.4) is 0 Å². The smallest absolute Gasteiger partial charge is 0.329 e. The van der Waals surface area contributed by atoms with E-state index in [1.807, 2.05) is 11.4 Å². The van der Waals surface area contributed by atoms with Crippen LogP contribution < -0.4 is 10.6 Å². The van der Waals surface area contributed by atoms with E-state index in [9.17, 15) is 14.7 Å². The Bertz CT molecular complexity index is 514. The summed E-state index contributed by atoms with van der Waals surface area (Å²) < 4.78 is 0. The second-order valence-corrected chi connectivity index (χ2v) is 6.33. The third kappa shape index (κ3) is 2.95. The molecule has 1 aliphatic carbocycles. The zero-order valence-corrected chi connectivity index (χ0v) is 12.5. The van der Waals surface area contributed by atoms with Gasteiger partial charge in [0.1, 0.15) is 5.54 Å². The molecule has 1 aliphatic rings. The summed E-state index contributed by atoms with van der Waals surface area (Å²) in [4.78, 5) is 24.6. The van der Waals surface area contributed by atoms with Gasteiger partial charge in [0, 0.05) is 4.88 Å². The van der Waals surface area contributed by atoms with Crippen molar-refractivity contribution in [2.45, 2.75) is 51.1 Å². The molecule has 2 atom stereocenters. The first-order chi connectivity index (χ1) is 9.46. The van der Waals surface area contributed by atoms with Gasteiger partial charge in [-0.15, -0.1) is 11.3 Å². The highest BCUT2D eigenvalue weighted by molar-refractivity contribution is 7.10. The van der Waals surface area contributed by atoms with Gasteiger partial charge >= 0.3 is 12.0 Å². The number of carboxylic acid groups (broad SMARTS) is 1. The number of thiophene rings is 1. The molecule has 0 fully saturated rings. The van der Waals surface area contributed by atoms with Crippen LogP contribution in [0, 0.1) is 0 Å². The van der Waals surface area contributed by atoms with E-state index in [1.165, 1.54) is 17.4 Å². The highest BCUT2D eigenvalue weighted by atomic mass is 32.1. The summed E-state index contributed by atoms with van der Waals surface area (Å²) in [6.45, 7) is 3.26. The lowest BCUT2D eigenvalue weighted by atomic mass is 9.94. The van der Waals surface area contributed by atoms with Gasteiger partial charge in [-0.2, -0.15) is 0 Å². The van der Waals surface area contributed by atoms with Crippen molar-refractivity contribution in [1.29, 1.82) is 0 Å². The van der Waals surface area contributed by atoms with Crippen molar-refractivity contribution in [1.82, 2.24) is 10.6 Å². The van der Waals surface area contributed by atoms with Crippen LogP contribution in [-0.4, -0.2) is 22.6 Å². The first kappa shape index (κ1) is 14.8. The average molecular weight is 296 g/mol. The van der Waals surface area contributed by atoms with Gasteiger partial charge in [-0.25, -0.2) is 9.59 Å². The first-order valence-electron chi connectivity index (χ1n) is 6.84. The van der Waals surface area contributed by atoms with Crippen LogP contribution in [0.2, 0.25) is 0 Å². The Hall–Kier alpha value is -1.56. The highest BCUT2D eigenvalue weighted by Crippen LogP contribution is 2.33. The number of carboxylic acids is 1. The van der Waals surface area contributed by atoms with Crippen molar-refractivity contribution in [2.24, 2.45) is 0 Å². The highest BCUT2D eigenvalue weighted by Gasteiger charge is 2.33. The van der Waals surface area contributed by atoms with Crippen LogP contribution in [0.25, 0.3) is 0 Å². The van der Waals surface area contributed by atoms with Crippen molar-refractivity contribution in [3.05, 3.63) is 21.9 Å². The lowest BCUT2D eigenvalue weighted by molar-refractivity contribution is -0.143. The van der Waals surface area contributed by atoms with E-state index >= 15 is 0 Å². The Balaban J connectivity index is 2.02. The average Bonchev–Trinajstić information content (AvgIpc) is 2.87. The zero-order chi connectivity index (χ0) is 14.8. The number of fused-ring (bicyclic) bond motifs is 1. The molecular weight excluding hydrogens is 276 g/mol. The molecule has 0 saturated heterocycles. The predicted octanol–water partition coefficient (Wildman–Crippen LogP) is 2.68. The van der Waals surface area contributed by atoms with E-state index in [4.69, 9.17) is 0 Å². The molecule has 5 nitrogen and oxygen atoms in total. The Labute approximate surface area is 122 Å². The fraction of sp³-hybridized carbons (Fsp3) is 0.571. The van der Waals surface area contributed by atoms with Crippen LogP contribution >= 0.6 is 11.3 Å². The minimum Gasteiger partial charge on any atom is -0.480 e. The van der Waals surface area contributed by atoms with Crippen molar-refractivity contribution >= 4 is 23.3 Å². The van der Waals surface area contributed by atoms with Gasteiger partial charge in [0.25, 0.3) is 0 Å². The summed E-state index contributed by atoms with van der Waals surface area (Å²) in [6.07, 6.45) is 3.34. The first-order valence-corrected chi connectivity index (χ1v) is 7.72. The van der Waals surface area contributed by atoms with Crippen molar-refractivity contribution in [3.63, 3.8) is 0 Å². The SMILES string of the molecule is CCC(C)(NC(=O)NC1CCCc2sccc21)C(=O)O. The Morgan fingerprint density at radius 1 is 1.55 bits per heavy atom. The summed E-state index contributed by atoms with van der Waals surface area (Å²) in [5, 5.41) is 16.7. The lowest BCUT2D eigenvalue weighted by Crippen LogP contribution is -2.55. The van der Waals surface area contributed by atoms with Gasteiger partial charge in [-0.05, 0) is 49.6 Å². The molecule has 110 valence electrons. The molecule has 1 aromatic heterocycles. The Morgan fingerprint density at radius 3 is 2.95 bits per heavy atom. The third-order valence-electron chi connectivity index (χ3n) is 3.93. The topological polar surface area (TPSA) is 78.4 Å². The largest absolute Gasteiger partial charge is 0.480 e. The third-order valence-corrected chi connectivity index (χ3v) is 4.92. The molecule has 0 spiro atoms. The van der Waals surface area contributed by atoms with E-state index in [-0.39, 0.29) is 6.04 Å². The molecule has 0 radical (unpaired) electrons. The van der Waals surface area contributed by atoms with E-state index in [2.05, 4.69) is 10.6 Å². The summed E-state index contributed by atoms with van der Waals surface area (Å²) in [6, 6.07) is 1.61. The van der Waals surface area contributed by atoms with Gasteiger partial charge in [0.15, 0.2) is 0 Å². The number of hydrogen-bond acceptors (Lipinski definition) is 3. The molecule has 20 heavy (non-hydrogen) atoms. The van der Waals surface area contributed by atoms with Crippen LogP contribution in [0.5, 0.6) is 0 Å². The molecule has 0 aliphatic heterocycles. The van der Waals surface area contributed by atoms with Crippen molar-refractivity contribution in [3.8, 4) is 0 Å². The van der Waals surface area contributed by atoms with Crippen molar-refractivity contribution in [2.75, 3.05) is 0 Å². The molecular formula is C14H20N2O3S. The molecule has 0 bridgehead atoms. The fourth-order valence-corrected chi connectivity index (χ4v) is 3.36. The standard InChI is InChI=1S/C14H20N2O3S/c1-3-14(2,12(17)18)16-13(19)15-10-5-4-6-11-9(10)7-8-20-11/h7-8,10H,3-6H2,1-2H3,(H,17,18)(H2,15,16,19). The number of aryl methyl sites for hydroxylation is 1. The Morgan fingerprint density at radius 2 is 2.30 bits per heavy atom. The quantitative estimate of drug-likeness (QED) is 0.799. The minimum atomic E-state index is -1.23. The molecule has 2 unspecified atom stereocenters. The second kappa shape index (κ2) is 5.83. The van der Waals surface area contributed by atoms with Crippen LogP contribution in [0.4, 0.5) is 4.79 Å². The maximum atomic E-state index is 12.0. The summed E-state index contributed by atoms with van der Waals surface area (Å²) >= 11 is 1.71.